The molecule has 0 aliphatic carbocycles. The van der Waals surface area contributed by atoms with Gasteiger partial charge in [0.15, 0.2) is 0 Å². The van der Waals surface area contributed by atoms with Crippen LogP contribution >= 0.6 is 0 Å². The minimum atomic E-state index is -9.05. The van der Waals surface area contributed by atoms with Crippen LogP contribution in [0.1, 0.15) is 0 Å². The van der Waals surface area contributed by atoms with E-state index < -0.39 is 70.2 Å². The molecule has 0 saturated carbocycles. The number of hydrogen-bond donors (Lipinski definition) is 0. The second-order valence-electron chi connectivity index (χ2n) is 5.82. The molecule has 23 heteroatoms. The summed E-state index contributed by atoms with van der Waals surface area (Å²) < 4.78 is 275. The van der Waals surface area contributed by atoms with Gasteiger partial charge >= 0.3 is 54.1 Å². The first kappa shape index (κ1) is 31.7. The summed E-state index contributed by atoms with van der Waals surface area (Å²) in [5.74, 6) is -53.2. The lowest BCUT2D eigenvalue weighted by molar-refractivity contribution is -0.497. The number of hydrogen-bond acceptors (Lipinski definition) is 1. The van der Waals surface area contributed by atoms with E-state index in [9.17, 15) is 92.2 Å². The van der Waals surface area contributed by atoms with Crippen molar-refractivity contribution in [2.24, 2.45) is 0 Å². The molecule has 0 fully saturated rings. The molecule has 0 N–H and O–H groups in total. The molecule has 0 aliphatic heterocycles. The van der Waals surface area contributed by atoms with Crippen LogP contribution in [0.2, 0.25) is 0 Å². The summed E-state index contributed by atoms with van der Waals surface area (Å²) in [4.78, 5) is 0. The molecule has 0 aromatic heterocycles. The molecule has 200 valence electrons. The Morgan fingerprint density at radius 1 is 0.303 bits per heavy atom. The predicted molar refractivity (Wildman–Crippen MR) is 61.6 cm³/mol. The second-order valence-corrected chi connectivity index (χ2v) is 6.23. The van der Waals surface area contributed by atoms with Crippen molar-refractivity contribution in [1.82, 2.24) is 0 Å². The van der Waals surface area contributed by atoms with Gasteiger partial charge in [0.1, 0.15) is 10.5 Å². The topological polar surface area (TPSA) is 9.23 Å². The monoisotopic (exact) mass is 566 g/mol. The second kappa shape index (κ2) is 7.60. The molecule has 0 aromatic carbocycles. The molecule has 0 amide bonds. The highest BCUT2D eigenvalue weighted by Gasteiger charge is 3.01. The number of alkyl halides is 21. The number of halogens is 21. The molecule has 0 aromatic rings. The molecule has 0 spiro atoms. The van der Waals surface area contributed by atoms with E-state index in [-0.39, 0.29) is 0 Å². The Kier molecular flexibility index (Phi) is 7.30. The summed E-state index contributed by atoms with van der Waals surface area (Å²) >= 11 is 0. The molecule has 0 saturated heterocycles. The molecular formula is C10H3F21OSi. The van der Waals surface area contributed by atoms with Crippen LogP contribution in [0.3, 0.4) is 0 Å². The normalized spacial score (nSPS) is 17.0. The Bertz CT molecular complexity index is 617. The number of rotatable bonds is 7. The Morgan fingerprint density at radius 3 is 0.545 bits per heavy atom. The van der Waals surface area contributed by atoms with Gasteiger partial charge in [0, 0.05) is 0 Å². The SMILES string of the molecule is FC(F)(F)C(F)(F)C(F)(F)C(O[SiH3])(C(F)(F)C(F)(F)C(F)(F)F)C(F)(F)C(F)(F)C(F)(F)F. The van der Waals surface area contributed by atoms with E-state index in [1.54, 1.807) is 0 Å². The Balaban J connectivity index is 8.14. The van der Waals surface area contributed by atoms with E-state index in [2.05, 4.69) is 4.43 Å². The van der Waals surface area contributed by atoms with Crippen molar-refractivity contribution in [3.05, 3.63) is 0 Å². The predicted octanol–water partition coefficient (Wildman–Crippen LogP) is 5.52. The van der Waals surface area contributed by atoms with Crippen LogP contribution in [-0.2, 0) is 4.43 Å². The van der Waals surface area contributed by atoms with Gasteiger partial charge in [0.2, 0.25) is 0 Å². The van der Waals surface area contributed by atoms with E-state index in [4.69, 9.17) is 0 Å². The van der Waals surface area contributed by atoms with Crippen LogP contribution in [0.5, 0.6) is 0 Å². The molecule has 0 atom stereocenters. The molecule has 0 bridgehead atoms. The van der Waals surface area contributed by atoms with Crippen LogP contribution < -0.4 is 0 Å². The van der Waals surface area contributed by atoms with Crippen molar-refractivity contribution in [1.29, 1.82) is 0 Å². The standard InChI is InChI=1S/C10H3F21OSi/c11-2(12,5(17,18)8(23,24)25)1(32-33,3(13,14)6(19,20)9(26,27)28)4(15,16)7(21,22)10(29,30)31/h33H3. The van der Waals surface area contributed by atoms with E-state index >= 15 is 0 Å². The minimum absolute atomic E-state index is 2.13. The average molecular weight is 566 g/mol. The quantitative estimate of drug-likeness (QED) is 0.292. The summed E-state index contributed by atoms with van der Waals surface area (Å²) in [6.07, 6.45) is -24.6. The van der Waals surface area contributed by atoms with Gasteiger partial charge in [-0.15, -0.1) is 0 Å². The third-order valence-electron chi connectivity index (χ3n) is 3.88. The maximum atomic E-state index is 13.9. The zero-order chi connectivity index (χ0) is 27.7. The molecule has 33 heavy (non-hydrogen) atoms. The Hall–Kier alpha value is -1.29. The fraction of sp³-hybridized carbons (Fsp3) is 1.00. The molecule has 0 aliphatic rings. The Morgan fingerprint density at radius 2 is 0.455 bits per heavy atom. The van der Waals surface area contributed by atoms with Gasteiger partial charge < -0.3 is 4.43 Å². The minimum Gasteiger partial charge on any atom is -0.407 e. The first-order chi connectivity index (χ1) is 13.8. The fourth-order valence-corrected chi connectivity index (χ4v) is 2.94. The van der Waals surface area contributed by atoms with Gasteiger partial charge in [0.05, 0.1) is 0 Å². The van der Waals surface area contributed by atoms with Crippen molar-refractivity contribution >= 4 is 10.5 Å². The van der Waals surface area contributed by atoms with E-state index in [1.165, 1.54) is 0 Å². The zero-order valence-electron chi connectivity index (χ0n) is 14.3. The van der Waals surface area contributed by atoms with Gasteiger partial charge in [-0.25, -0.2) is 0 Å². The van der Waals surface area contributed by atoms with Crippen molar-refractivity contribution in [2.75, 3.05) is 0 Å². The van der Waals surface area contributed by atoms with Crippen LogP contribution in [-0.4, -0.2) is 70.2 Å². The van der Waals surface area contributed by atoms with Crippen LogP contribution in [0.4, 0.5) is 92.2 Å². The van der Waals surface area contributed by atoms with Crippen molar-refractivity contribution < 1.29 is 96.6 Å². The van der Waals surface area contributed by atoms with E-state index in [1.807, 2.05) is 0 Å². The van der Waals surface area contributed by atoms with Crippen molar-refractivity contribution in [3.8, 4) is 0 Å². The van der Waals surface area contributed by atoms with Crippen molar-refractivity contribution in [3.63, 3.8) is 0 Å². The highest BCUT2D eigenvalue weighted by Crippen LogP contribution is 2.69. The zero-order valence-corrected chi connectivity index (χ0v) is 16.3. The maximum absolute atomic E-state index is 13.9. The summed E-state index contributed by atoms with van der Waals surface area (Å²) in [7, 11) is -2.84. The van der Waals surface area contributed by atoms with E-state index in [0.717, 1.165) is 0 Å². The van der Waals surface area contributed by atoms with Crippen LogP contribution in [0.25, 0.3) is 0 Å². The van der Waals surface area contributed by atoms with Gasteiger partial charge in [0.25, 0.3) is 5.60 Å². The molecular weight excluding hydrogens is 563 g/mol. The third kappa shape index (κ3) is 3.70. The molecule has 0 heterocycles. The lowest BCUT2D eigenvalue weighted by atomic mass is 9.73. The summed E-state index contributed by atoms with van der Waals surface area (Å²) in [6, 6.07) is 0. The van der Waals surface area contributed by atoms with Gasteiger partial charge in [-0.2, -0.15) is 92.2 Å². The third-order valence-corrected chi connectivity index (χ3v) is 4.50. The Labute approximate surface area is 168 Å². The molecule has 0 radical (unpaired) electrons. The van der Waals surface area contributed by atoms with Crippen LogP contribution in [0.15, 0.2) is 0 Å². The lowest BCUT2D eigenvalue weighted by Gasteiger charge is -2.52. The summed E-state index contributed by atoms with van der Waals surface area (Å²) in [6.45, 7) is 0. The highest BCUT2D eigenvalue weighted by molar-refractivity contribution is 5.98. The summed E-state index contributed by atoms with van der Waals surface area (Å²) in [5.41, 5.74) is -8.80. The molecule has 0 unspecified atom stereocenters. The maximum Gasteiger partial charge on any atom is 0.460 e. The van der Waals surface area contributed by atoms with Gasteiger partial charge in [-0.05, 0) is 0 Å². The highest BCUT2D eigenvalue weighted by atomic mass is 28.2. The first-order valence-corrected chi connectivity index (χ1v) is 7.65. The molecule has 0 rings (SSSR count). The van der Waals surface area contributed by atoms with Crippen LogP contribution in [0, 0.1) is 0 Å². The molecule has 1 nitrogen and oxygen atoms in total. The largest absolute Gasteiger partial charge is 0.460 e. The fourth-order valence-electron chi connectivity index (χ4n) is 2.17. The lowest BCUT2D eigenvalue weighted by Crippen LogP contribution is -2.85. The van der Waals surface area contributed by atoms with Crippen molar-refractivity contribution in [2.45, 2.75) is 59.7 Å². The summed E-state index contributed by atoms with van der Waals surface area (Å²) in [5, 5.41) is 0. The van der Waals surface area contributed by atoms with Gasteiger partial charge in [-0.3, -0.25) is 0 Å². The van der Waals surface area contributed by atoms with E-state index in [0.29, 0.717) is 0 Å². The van der Waals surface area contributed by atoms with Gasteiger partial charge in [-0.1, -0.05) is 0 Å². The first-order valence-electron chi connectivity index (χ1n) is 6.83. The smallest absolute Gasteiger partial charge is 0.407 e. The average Bonchev–Trinajstić information content (AvgIpc) is 2.51.